The van der Waals surface area contributed by atoms with Gasteiger partial charge in [-0.3, -0.25) is 5.32 Å². The summed E-state index contributed by atoms with van der Waals surface area (Å²) in [4.78, 5) is 49.8. The Morgan fingerprint density at radius 2 is 1.38 bits per heavy atom. The Balaban J connectivity index is 3.37. The molecule has 238 valence electrons. The number of unbranched alkanes of at least 4 members (excludes halogenated alkanes) is 1. The molecule has 3 unspecified atom stereocenters. The monoisotopic (exact) mass is 597 g/mol. The summed E-state index contributed by atoms with van der Waals surface area (Å²) in [6.45, 7) is 13.5. The van der Waals surface area contributed by atoms with Gasteiger partial charge in [0.05, 0.1) is 19.8 Å². The van der Waals surface area contributed by atoms with E-state index in [1.54, 1.807) is 6.92 Å². The first-order valence-corrected chi connectivity index (χ1v) is 14.6. The molecule has 0 saturated heterocycles. The van der Waals surface area contributed by atoms with Gasteiger partial charge in [-0.15, -0.1) is 0 Å². The summed E-state index contributed by atoms with van der Waals surface area (Å²) < 4.78 is 31.4. The van der Waals surface area contributed by atoms with E-state index in [4.69, 9.17) is 28.4 Å². The lowest BCUT2D eigenvalue weighted by atomic mass is 10.00. The Morgan fingerprint density at radius 1 is 0.810 bits per heavy atom. The molecule has 0 spiro atoms. The number of aliphatic carboxylic acids is 1. The molecule has 1 rings (SSSR count). The van der Waals surface area contributed by atoms with Crippen LogP contribution < -0.4 is 14.8 Å². The summed E-state index contributed by atoms with van der Waals surface area (Å²) in [5, 5.41) is 13.1. The van der Waals surface area contributed by atoms with Crippen molar-refractivity contribution < 1.29 is 52.7 Å². The minimum atomic E-state index is -2.22. The Bertz CT molecular complexity index is 1010. The van der Waals surface area contributed by atoms with Gasteiger partial charge in [0.1, 0.15) is 0 Å². The molecule has 1 aromatic carbocycles. The minimum Gasteiger partial charge on any atom is -0.477 e. The average molecular weight is 598 g/mol. The Kier molecular flexibility index (Phi) is 16.3. The van der Waals surface area contributed by atoms with Crippen molar-refractivity contribution in [2.75, 3.05) is 19.8 Å². The molecule has 0 aliphatic heterocycles. The van der Waals surface area contributed by atoms with Crippen LogP contribution in [0.2, 0.25) is 0 Å². The van der Waals surface area contributed by atoms with Gasteiger partial charge in [-0.2, -0.15) is 0 Å². The van der Waals surface area contributed by atoms with Crippen molar-refractivity contribution in [3.05, 3.63) is 23.8 Å². The van der Waals surface area contributed by atoms with E-state index in [9.17, 15) is 24.3 Å². The van der Waals surface area contributed by atoms with Crippen LogP contribution in [0.15, 0.2) is 18.2 Å². The Labute approximate surface area is 248 Å². The first-order valence-electron chi connectivity index (χ1n) is 14.6. The van der Waals surface area contributed by atoms with E-state index in [1.165, 1.54) is 18.2 Å². The van der Waals surface area contributed by atoms with E-state index in [0.29, 0.717) is 12.8 Å². The van der Waals surface area contributed by atoms with Crippen LogP contribution in [0.1, 0.15) is 86.1 Å². The summed E-state index contributed by atoms with van der Waals surface area (Å²) >= 11 is 0. The molecule has 4 atom stereocenters. The number of carbonyl (C=O) groups excluding carboxylic acids is 3. The molecule has 2 N–H and O–H groups in total. The second-order valence-corrected chi connectivity index (χ2v) is 10.5. The number of hydrogen-bond donors (Lipinski definition) is 2. The van der Waals surface area contributed by atoms with Crippen LogP contribution in [0.4, 0.5) is 14.4 Å². The summed E-state index contributed by atoms with van der Waals surface area (Å²) in [7, 11) is 0. The number of carbonyl (C=O) groups is 4. The van der Waals surface area contributed by atoms with Gasteiger partial charge in [0.2, 0.25) is 0 Å². The van der Waals surface area contributed by atoms with Crippen LogP contribution in [0.25, 0.3) is 0 Å². The third-order valence-electron chi connectivity index (χ3n) is 6.63. The summed E-state index contributed by atoms with van der Waals surface area (Å²) in [6, 6.07) is 3.73. The second-order valence-electron chi connectivity index (χ2n) is 10.5. The van der Waals surface area contributed by atoms with Crippen molar-refractivity contribution in [1.82, 2.24) is 5.32 Å². The second kappa shape index (κ2) is 18.8. The maximum Gasteiger partial charge on any atom is 0.513 e. The van der Waals surface area contributed by atoms with E-state index in [0.717, 1.165) is 19.3 Å². The lowest BCUT2D eigenvalue weighted by Crippen LogP contribution is -2.59. The van der Waals surface area contributed by atoms with Crippen molar-refractivity contribution in [2.24, 2.45) is 11.8 Å². The van der Waals surface area contributed by atoms with Crippen molar-refractivity contribution in [2.45, 2.75) is 98.8 Å². The van der Waals surface area contributed by atoms with Gasteiger partial charge in [-0.1, -0.05) is 66.9 Å². The zero-order valence-electron chi connectivity index (χ0n) is 25.9. The summed E-state index contributed by atoms with van der Waals surface area (Å²) in [5.74, 6) is -1.62. The number of carboxylic acids is 1. The Morgan fingerprint density at radius 3 is 1.88 bits per heavy atom. The van der Waals surface area contributed by atoms with Gasteiger partial charge >= 0.3 is 24.4 Å². The predicted molar refractivity (Wildman–Crippen MR) is 154 cm³/mol. The number of benzene rings is 1. The predicted octanol–water partition coefficient (Wildman–Crippen LogP) is 6.47. The van der Waals surface area contributed by atoms with E-state index < -0.39 is 30.2 Å². The molecule has 12 nitrogen and oxygen atoms in total. The third kappa shape index (κ3) is 13.0. The number of rotatable bonds is 18. The lowest BCUT2D eigenvalue weighted by Gasteiger charge is -2.32. The fourth-order valence-corrected chi connectivity index (χ4v) is 3.28. The van der Waals surface area contributed by atoms with Crippen LogP contribution in [0.3, 0.4) is 0 Å². The molecule has 0 aliphatic rings. The Hall–Kier alpha value is -3.54. The molecule has 0 radical (unpaired) electrons. The van der Waals surface area contributed by atoms with Gasteiger partial charge in [0.15, 0.2) is 11.5 Å². The molecular weight excluding hydrogens is 550 g/mol. The fourth-order valence-electron chi connectivity index (χ4n) is 3.28. The van der Waals surface area contributed by atoms with Gasteiger partial charge in [0, 0.05) is 12.5 Å². The van der Waals surface area contributed by atoms with Crippen molar-refractivity contribution in [3.8, 4) is 11.5 Å². The van der Waals surface area contributed by atoms with Crippen LogP contribution in [-0.2, 0) is 30.2 Å². The highest BCUT2D eigenvalue weighted by Gasteiger charge is 2.44. The molecule has 0 bridgehead atoms. The molecule has 42 heavy (non-hydrogen) atoms. The summed E-state index contributed by atoms with van der Waals surface area (Å²) in [5.41, 5.74) is -1.94. The van der Waals surface area contributed by atoms with Crippen LogP contribution >= 0.6 is 0 Å². The molecule has 0 heterocycles. The zero-order chi connectivity index (χ0) is 31.7. The highest BCUT2D eigenvalue weighted by molar-refractivity contribution is 5.80. The van der Waals surface area contributed by atoms with Crippen molar-refractivity contribution >= 4 is 24.4 Å². The van der Waals surface area contributed by atoms with Gasteiger partial charge in [-0.05, 0) is 49.3 Å². The smallest absolute Gasteiger partial charge is 0.477 e. The normalized spacial score (nSPS) is 14.5. The molecule has 0 aromatic heterocycles. The van der Waals surface area contributed by atoms with Crippen molar-refractivity contribution in [1.29, 1.82) is 0 Å². The SMILES string of the molecule is CCCCOC(=O)O[C@](Cc1ccc(OC(=O)OCC(C)CC)c(OC(=O)OCC(C)CC)c1)(NC(C)CC)C(=O)O. The molecule has 0 fully saturated rings. The van der Waals surface area contributed by atoms with E-state index in [1.807, 2.05) is 41.5 Å². The maximum atomic E-state index is 12.6. The third-order valence-corrected chi connectivity index (χ3v) is 6.63. The molecule has 0 saturated carbocycles. The van der Waals surface area contributed by atoms with E-state index >= 15 is 0 Å². The van der Waals surface area contributed by atoms with E-state index in [2.05, 4.69) is 5.32 Å². The highest BCUT2D eigenvalue weighted by Crippen LogP contribution is 2.32. The van der Waals surface area contributed by atoms with Gasteiger partial charge in [-0.25, -0.2) is 19.2 Å². The molecule has 0 aliphatic carbocycles. The van der Waals surface area contributed by atoms with Gasteiger partial charge < -0.3 is 33.5 Å². The molecule has 1 aromatic rings. The standard InChI is InChI=1S/C30H47NO11/c1-8-12-15-37-29(36)42-30(26(32)33,31-22(7)11-4)17-23-13-14-24(40-27(34)38-18-20(5)9-2)25(16-23)41-28(35)39-19-21(6)10-3/h13-14,16,20-22,31H,8-12,15,17-19H2,1-7H3,(H,32,33)/t20?,21?,22?,30-/m0/s1. The number of hydrogen-bond acceptors (Lipinski definition) is 11. The molecule has 0 amide bonds. The first-order chi connectivity index (χ1) is 19.9. The van der Waals surface area contributed by atoms with Gasteiger partial charge in [0.25, 0.3) is 5.72 Å². The number of carboxylic acid groups (broad SMARTS) is 1. The number of ether oxygens (including phenoxy) is 6. The largest absolute Gasteiger partial charge is 0.513 e. The highest BCUT2D eigenvalue weighted by atomic mass is 16.8. The quantitative estimate of drug-likeness (QED) is 0.0625. The van der Waals surface area contributed by atoms with Crippen LogP contribution in [0, 0.1) is 11.8 Å². The topological polar surface area (TPSA) is 156 Å². The van der Waals surface area contributed by atoms with Crippen LogP contribution in [-0.4, -0.2) is 61.1 Å². The van der Waals surface area contributed by atoms with Crippen LogP contribution in [0.5, 0.6) is 11.5 Å². The molecule has 12 heteroatoms. The average Bonchev–Trinajstić information content (AvgIpc) is 2.95. The first kappa shape index (κ1) is 36.5. The fraction of sp³-hybridized carbons (Fsp3) is 0.667. The molecular formula is C30H47NO11. The maximum absolute atomic E-state index is 12.6. The van der Waals surface area contributed by atoms with E-state index in [-0.39, 0.29) is 61.2 Å². The van der Waals surface area contributed by atoms with Crippen molar-refractivity contribution in [3.63, 3.8) is 0 Å². The summed E-state index contributed by atoms with van der Waals surface area (Å²) in [6.07, 6.45) is -0.106. The number of nitrogens with one attached hydrogen (secondary N) is 1. The minimum absolute atomic E-state index is 0.0737. The zero-order valence-corrected chi connectivity index (χ0v) is 25.9. The lowest BCUT2D eigenvalue weighted by molar-refractivity contribution is -0.167.